The van der Waals surface area contributed by atoms with Gasteiger partial charge in [-0.05, 0) is 37.5 Å². The molecule has 1 amide bonds. The first kappa shape index (κ1) is 18.7. The van der Waals surface area contributed by atoms with Gasteiger partial charge in [0.25, 0.3) is 0 Å². The average Bonchev–Trinajstić information content (AvgIpc) is 2.35. The number of nitrogens with two attached hydrogens (primary N) is 1. The number of likely N-dealkylation sites (tertiary alicyclic amines) is 1. The Bertz CT molecular complexity index is 261. The van der Waals surface area contributed by atoms with Gasteiger partial charge in [0.2, 0.25) is 5.91 Å². The molecule has 1 saturated heterocycles. The maximum absolute atomic E-state index is 12.2. The largest absolute Gasteiger partial charge is 0.343 e. The highest BCUT2D eigenvalue weighted by Crippen LogP contribution is 2.23. The Morgan fingerprint density at radius 2 is 1.79 bits per heavy atom. The van der Waals surface area contributed by atoms with Crippen LogP contribution in [0.4, 0.5) is 0 Å². The van der Waals surface area contributed by atoms with Gasteiger partial charge >= 0.3 is 0 Å². The Hall–Kier alpha value is -0.280. The zero-order valence-electron chi connectivity index (χ0n) is 12.9. The van der Waals surface area contributed by atoms with Crippen molar-refractivity contribution in [3.63, 3.8) is 0 Å². The molecule has 2 N–H and O–H groups in total. The molecule has 0 spiro atoms. The van der Waals surface area contributed by atoms with Gasteiger partial charge in [0.15, 0.2) is 0 Å². The summed E-state index contributed by atoms with van der Waals surface area (Å²) in [6, 6.07) is 0.265. The van der Waals surface area contributed by atoms with Crippen LogP contribution in [-0.4, -0.2) is 29.9 Å². The molecule has 0 saturated carbocycles. The Morgan fingerprint density at radius 1 is 1.26 bits per heavy atom. The molecule has 2 atom stereocenters. The van der Waals surface area contributed by atoms with E-state index in [9.17, 15) is 4.79 Å². The standard InChI is InChI=1S/C15H30N2O.ClH/c1-5-13(11(2)3)10-15(18)17-8-6-14(7-9-17)12(4)16;/h11-14H,5-10,16H2,1-4H3;1H. The molecule has 1 aliphatic rings. The van der Waals surface area contributed by atoms with Crippen molar-refractivity contribution in [3.05, 3.63) is 0 Å². The van der Waals surface area contributed by atoms with Crippen LogP contribution in [0.5, 0.6) is 0 Å². The highest BCUT2D eigenvalue weighted by Gasteiger charge is 2.26. The van der Waals surface area contributed by atoms with Crippen molar-refractivity contribution < 1.29 is 4.79 Å². The molecular formula is C15H31ClN2O. The van der Waals surface area contributed by atoms with Crippen molar-refractivity contribution in [2.75, 3.05) is 13.1 Å². The third kappa shape index (κ3) is 5.70. The highest BCUT2D eigenvalue weighted by molar-refractivity contribution is 5.85. The van der Waals surface area contributed by atoms with E-state index in [4.69, 9.17) is 5.73 Å². The van der Waals surface area contributed by atoms with Crippen LogP contribution in [0.25, 0.3) is 0 Å². The second kappa shape index (κ2) is 8.80. The lowest BCUT2D eigenvalue weighted by atomic mass is 9.88. The number of rotatable bonds is 5. The molecule has 0 aromatic carbocycles. The minimum Gasteiger partial charge on any atom is -0.343 e. The smallest absolute Gasteiger partial charge is 0.222 e. The van der Waals surface area contributed by atoms with Crippen molar-refractivity contribution in [1.29, 1.82) is 0 Å². The number of halogens is 1. The Balaban J connectivity index is 0.00000324. The van der Waals surface area contributed by atoms with Gasteiger partial charge in [-0.1, -0.05) is 27.2 Å². The van der Waals surface area contributed by atoms with Gasteiger partial charge in [0, 0.05) is 25.6 Å². The maximum Gasteiger partial charge on any atom is 0.222 e. The third-order valence-corrected chi connectivity index (χ3v) is 4.54. The summed E-state index contributed by atoms with van der Waals surface area (Å²) in [5.74, 6) is 2.07. The SMILES string of the molecule is CCC(CC(=O)N1CCC(C(C)N)CC1)C(C)C.Cl. The van der Waals surface area contributed by atoms with E-state index in [2.05, 4.69) is 27.7 Å². The molecule has 1 heterocycles. The van der Waals surface area contributed by atoms with Crippen molar-refractivity contribution >= 4 is 18.3 Å². The van der Waals surface area contributed by atoms with Gasteiger partial charge in [-0.15, -0.1) is 12.4 Å². The third-order valence-electron chi connectivity index (χ3n) is 4.54. The van der Waals surface area contributed by atoms with Gasteiger partial charge in [-0.25, -0.2) is 0 Å². The Morgan fingerprint density at radius 3 is 2.16 bits per heavy atom. The maximum atomic E-state index is 12.2. The molecule has 0 aliphatic carbocycles. The molecule has 1 fully saturated rings. The van der Waals surface area contributed by atoms with Gasteiger partial charge in [-0.3, -0.25) is 4.79 Å². The number of amides is 1. The van der Waals surface area contributed by atoms with Gasteiger partial charge in [-0.2, -0.15) is 0 Å². The van der Waals surface area contributed by atoms with Gasteiger partial charge in [0.1, 0.15) is 0 Å². The average molecular weight is 291 g/mol. The quantitative estimate of drug-likeness (QED) is 0.846. The van der Waals surface area contributed by atoms with E-state index in [0.29, 0.717) is 23.7 Å². The lowest BCUT2D eigenvalue weighted by Crippen LogP contribution is -2.43. The fourth-order valence-corrected chi connectivity index (χ4v) is 2.88. The van der Waals surface area contributed by atoms with Crippen LogP contribution in [0.15, 0.2) is 0 Å². The molecule has 2 unspecified atom stereocenters. The summed E-state index contributed by atoms with van der Waals surface area (Å²) in [5.41, 5.74) is 5.93. The monoisotopic (exact) mass is 290 g/mol. The van der Waals surface area contributed by atoms with E-state index in [1.807, 2.05) is 4.90 Å². The van der Waals surface area contributed by atoms with Crippen LogP contribution in [0.3, 0.4) is 0 Å². The Kier molecular flexibility index (Phi) is 8.67. The van der Waals surface area contributed by atoms with Crippen LogP contribution in [0.1, 0.15) is 53.4 Å². The molecule has 114 valence electrons. The van der Waals surface area contributed by atoms with Crippen LogP contribution in [-0.2, 0) is 4.79 Å². The number of piperidine rings is 1. The lowest BCUT2D eigenvalue weighted by Gasteiger charge is -2.34. The molecule has 3 nitrogen and oxygen atoms in total. The number of hydrogen-bond acceptors (Lipinski definition) is 2. The molecule has 0 aromatic rings. The van der Waals surface area contributed by atoms with Crippen molar-refractivity contribution in [3.8, 4) is 0 Å². The van der Waals surface area contributed by atoms with Gasteiger partial charge in [0.05, 0.1) is 0 Å². The summed E-state index contributed by atoms with van der Waals surface area (Å²) in [5, 5.41) is 0. The molecular weight excluding hydrogens is 260 g/mol. The lowest BCUT2D eigenvalue weighted by molar-refractivity contribution is -0.134. The van der Waals surface area contributed by atoms with Crippen LogP contribution in [0, 0.1) is 17.8 Å². The van der Waals surface area contributed by atoms with E-state index < -0.39 is 0 Å². The Labute approximate surface area is 124 Å². The normalized spacial score (nSPS) is 20.0. The minimum atomic E-state index is 0. The zero-order chi connectivity index (χ0) is 13.7. The second-order valence-corrected chi connectivity index (χ2v) is 6.19. The van der Waals surface area contributed by atoms with Crippen LogP contribution < -0.4 is 5.73 Å². The number of nitrogens with zero attached hydrogens (tertiary/aromatic N) is 1. The van der Waals surface area contributed by atoms with E-state index >= 15 is 0 Å². The first-order valence-corrected chi connectivity index (χ1v) is 7.49. The summed E-state index contributed by atoms with van der Waals surface area (Å²) in [6.07, 6.45) is 3.96. The number of hydrogen-bond donors (Lipinski definition) is 1. The minimum absolute atomic E-state index is 0. The van der Waals surface area contributed by atoms with Gasteiger partial charge < -0.3 is 10.6 Å². The summed E-state index contributed by atoms with van der Waals surface area (Å²) in [6.45, 7) is 10.5. The summed E-state index contributed by atoms with van der Waals surface area (Å²) < 4.78 is 0. The van der Waals surface area contributed by atoms with E-state index in [0.717, 1.165) is 38.8 Å². The first-order chi connectivity index (χ1) is 8.45. The molecule has 0 bridgehead atoms. The summed E-state index contributed by atoms with van der Waals surface area (Å²) >= 11 is 0. The number of carbonyl (C=O) groups is 1. The number of carbonyl (C=O) groups excluding carboxylic acids is 1. The van der Waals surface area contributed by atoms with E-state index in [1.54, 1.807) is 0 Å². The molecule has 1 rings (SSSR count). The van der Waals surface area contributed by atoms with E-state index in [-0.39, 0.29) is 18.4 Å². The molecule has 4 heteroatoms. The molecule has 0 radical (unpaired) electrons. The second-order valence-electron chi connectivity index (χ2n) is 6.19. The van der Waals surface area contributed by atoms with Crippen molar-refractivity contribution in [1.82, 2.24) is 4.90 Å². The van der Waals surface area contributed by atoms with Crippen molar-refractivity contribution in [2.45, 2.75) is 59.4 Å². The molecule has 19 heavy (non-hydrogen) atoms. The fraction of sp³-hybridized carbons (Fsp3) is 0.933. The van der Waals surface area contributed by atoms with E-state index in [1.165, 1.54) is 0 Å². The van der Waals surface area contributed by atoms with Crippen LogP contribution >= 0.6 is 12.4 Å². The zero-order valence-corrected chi connectivity index (χ0v) is 13.7. The molecule has 1 aliphatic heterocycles. The molecule has 0 aromatic heterocycles. The summed E-state index contributed by atoms with van der Waals surface area (Å²) in [7, 11) is 0. The predicted octanol–water partition coefficient (Wildman–Crippen LogP) is 3.07. The predicted molar refractivity (Wildman–Crippen MR) is 83.4 cm³/mol. The highest BCUT2D eigenvalue weighted by atomic mass is 35.5. The topological polar surface area (TPSA) is 46.3 Å². The summed E-state index contributed by atoms with van der Waals surface area (Å²) in [4.78, 5) is 14.3. The van der Waals surface area contributed by atoms with Crippen LogP contribution in [0.2, 0.25) is 0 Å². The van der Waals surface area contributed by atoms with Crippen molar-refractivity contribution in [2.24, 2.45) is 23.5 Å². The fourth-order valence-electron chi connectivity index (χ4n) is 2.88. The first-order valence-electron chi connectivity index (χ1n) is 7.49.